The summed E-state index contributed by atoms with van der Waals surface area (Å²) in [6, 6.07) is 7.56. The van der Waals surface area contributed by atoms with Gasteiger partial charge in [0.05, 0.1) is 0 Å². The number of carbonyl (C=O) groups is 2. The first-order chi connectivity index (χ1) is 10.6. The summed E-state index contributed by atoms with van der Waals surface area (Å²) in [7, 11) is 0. The van der Waals surface area contributed by atoms with E-state index in [0.29, 0.717) is 6.42 Å². The highest BCUT2D eigenvalue weighted by atomic mass is 32.1. The van der Waals surface area contributed by atoms with E-state index in [1.54, 1.807) is 11.3 Å². The predicted molar refractivity (Wildman–Crippen MR) is 87.1 cm³/mol. The predicted octanol–water partition coefficient (Wildman–Crippen LogP) is 3.20. The number of aryl methyl sites for hydroxylation is 1. The molecule has 1 aromatic carbocycles. The minimum atomic E-state index is -0.917. The molecule has 1 aliphatic carbocycles. The minimum Gasteiger partial charge on any atom is -0.480 e. The first-order valence-corrected chi connectivity index (χ1v) is 8.50. The van der Waals surface area contributed by atoms with Crippen molar-refractivity contribution < 1.29 is 14.7 Å². The molecule has 2 N–H and O–H groups in total. The summed E-state index contributed by atoms with van der Waals surface area (Å²) in [6.07, 6.45) is 3.76. The first-order valence-electron chi connectivity index (χ1n) is 7.62. The zero-order chi connectivity index (χ0) is 15.5. The number of hydrogen-bond donors (Lipinski definition) is 2. The number of rotatable bonds is 7. The maximum atomic E-state index is 11.9. The highest BCUT2D eigenvalue weighted by Gasteiger charge is 2.37. The third kappa shape index (κ3) is 3.47. The summed E-state index contributed by atoms with van der Waals surface area (Å²) in [5.74, 6) is -0.944. The van der Waals surface area contributed by atoms with Crippen LogP contribution in [0.25, 0.3) is 10.1 Å². The Bertz CT molecular complexity index is 690. The lowest BCUT2D eigenvalue weighted by atomic mass is 10.1. The lowest BCUT2D eigenvalue weighted by molar-refractivity contribution is -0.142. The fourth-order valence-electron chi connectivity index (χ4n) is 2.72. The lowest BCUT2D eigenvalue weighted by Crippen LogP contribution is -2.42. The van der Waals surface area contributed by atoms with Gasteiger partial charge in [-0.15, -0.1) is 11.3 Å². The molecule has 0 spiro atoms. The Morgan fingerprint density at radius 3 is 2.82 bits per heavy atom. The average molecular weight is 317 g/mol. The molecule has 22 heavy (non-hydrogen) atoms. The largest absolute Gasteiger partial charge is 0.480 e. The molecule has 2 aromatic rings. The lowest BCUT2D eigenvalue weighted by Gasteiger charge is -2.13. The topological polar surface area (TPSA) is 66.4 Å². The van der Waals surface area contributed by atoms with Crippen LogP contribution in [0.4, 0.5) is 0 Å². The number of fused-ring (bicyclic) bond motifs is 1. The number of carbonyl (C=O) groups excluding carboxylic acids is 1. The van der Waals surface area contributed by atoms with Gasteiger partial charge >= 0.3 is 5.97 Å². The van der Waals surface area contributed by atoms with Crippen LogP contribution >= 0.6 is 11.3 Å². The summed E-state index contributed by atoms with van der Waals surface area (Å²) in [5, 5.41) is 15.2. The van der Waals surface area contributed by atoms with Crippen LogP contribution in [0.1, 0.15) is 31.2 Å². The van der Waals surface area contributed by atoms with E-state index < -0.39 is 12.0 Å². The molecule has 1 aliphatic rings. The monoisotopic (exact) mass is 317 g/mol. The molecule has 0 saturated heterocycles. The van der Waals surface area contributed by atoms with E-state index in [1.165, 1.54) is 15.6 Å². The molecule has 3 rings (SSSR count). The Labute approximate surface area is 133 Å². The smallest absolute Gasteiger partial charge is 0.326 e. The summed E-state index contributed by atoms with van der Waals surface area (Å²) in [5.41, 5.74) is 1.27. The second kappa shape index (κ2) is 6.48. The fourth-order valence-corrected chi connectivity index (χ4v) is 3.72. The van der Waals surface area contributed by atoms with Crippen LogP contribution in [0.15, 0.2) is 29.6 Å². The maximum Gasteiger partial charge on any atom is 0.326 e. The van der Waals surface area contributed by atoms with Crippen molar-refractivity contribution in [3.05, 3.63) is 35.2 Å². The van der Waals surface area contributed by atoms with Crippen LogP contribution in [0.5, 0.6) is 0 Å². The molecule has 1 heterocycles. The molecule has 1 fully saturated rings. The standard InChI is InChI=1S/C17H19NO3S/c19-15(18-16(17(20)21)11-8-9-11)7-3-4-12-10-22-14-6-2-1-5-13(12)14/h1-2,5-6,10-11,16H,3-4,7-9H2,(H,18,19)(H,20,21). The SMILES string of the molecule is O=C(CCCc1csc2ccccc12)NC(C(=O)O)C1CC1. The summed E-state index contributed by atoms with van der Waals surface area (Å²) >= 11 is 1.72. The number of carboxylic acids is 1. The third-order valence-electron chi connectivity index (χ3n) is 4.09. The van der Waals surface area contributed by atoms with Crippen molar-refractivity contribution in [3.63, 3.8) is 0 Å². The van der Waals surface area contributed by atoms with Crippen LogP contribution in [-0.2, 0) is 16.0 Å². The molecular formula is C17H19NO3S. The number of benzene rings is 1. The van der Waals surface area contributed by atoms with Gasteiger partial charge in [0.15, 0.2) is 0 Å². The Hall–Kier alpha value is -1.88. The minimum absolute atomic E-state index is 0.127. The molecule has 1 amide bonds. The second-order valence-corrected chi connectivity index (χ2v) is 6.74. The Balaban J connectivity index is 1.50. The molecule has 116 valence electrons. The van der Waals surface area contributed by atoms with Crippen LogP contribution < -0.4 is 5.32 Å². The van der Waals surface area contributed by atoms with Gasteiger partial charge in [0.2, 0.25) is 5.91 Å². The van der Waals surface area contributed by atoms with Crippen LogP contribution in [-0.4, -0.2) is 23.0 Å². The van der Waals surface area contributed by atoms with E-state index >= 15 is 0 Å². The zero-order valence-corrected chi connectivity index (χ0v) is 13.1. The van der Waals surface area contributed by atoms with Gasteiger partial charge in [-0.05, 0) is 54.0 Å². The van der Waals surface area contributed by atoms with Crippen molar-refractivity contribution in [2.75, 3.05) is 0 Å². The second-order valence-electron chi connectivity index (χ2n) is 5.83. The summed E-state index contributed by atoms with van der Waals surface area (Å²) in [4.78, 5) is 23.0. The van der Waals surface area contributed by atoms with Gasteiger partial charge in [0, 0.05) is 11.1 Å². The molecule has 0 radical (unpaired) electrons. The highest BCUT2D eigenvalue weighted by Crippen LogP contribution is 2.32. The van der Waals surface area contributed by atoms with Crippen LogP contribution in [0.2, 0.25) is 0 Å². The average Bonchev–Trinajstić information content (AvgIpc) is 3.26. The van der Waals surface area contributed by atoms with Gasteiger partial charge in [0.1, 0.15) is 6.04 Å². The van der Waals surface area contributed by atoms with Gasteiger partial charge in [0.25, 0.3) is 0 Å². The van der Waals surface area contributed by atoms with Gasteiger partial charge in [-0.1, -0.05) is 18.2 Å². The normalized spacial score (nSPS) is 15.6. The van der Waals surface area contributed by atoms with E-state index in [-0.39, 0.29) is 11.8 Å². The summed E-state index contributed by atoms with van der Waals surface area (Å²) in [6.45, 7) is 0. The fraction of sp³-hybridized carbons (Fsp3) is 0.412. The van der Waals surface area contributed by atoms with E-state index in [1.807, 2.05) is 12.1 Å². The molecule has 1 atom stereocenters. The van der Waals surface area contributed by atoms with Crippen molar-refractivity contribution in [1.82, 2.24) is 5.32 Å². The number of aliphatic carboxylic acids is 1. The van der Waals surface area contributed by atoms with Crippen LogP contribution in [0, 0.1) is 5.92 Å². The Morgan fingerprint density at radius 1 is 1.32 bits per heavy atom. The van der Waals surface area contributed by atoms with Crippen molar-refractivity contribution in [2.45, 2.75) is 38.1 Å². The number of amides is 1. The van der Waals surface area contributed by atoms with Gasteiger partial charge < -0.3 is 10.4 Å². The van der Waals surface area contributed by atoms with E-state index in [9.17, 15) is 9.59 Å². The molecule has 1 saturated carbocycles. The molecule has 1 unspecified atom stereocenters. The van der Waals surface area contributed by atoms with E-state index in [4.69, 9.17) is 5.11 Å². The van der Waals surface area contributed by atoms with E-state index in [2.05, 4.69) is 22.8 Å². The number of carboxylic acid groups (broad SMARTS) is 1. The molecule has 4 nitrogen and oxygen atoms in total. The first kappa shape index (κ1) is 15.0. The Morgan fingerprint density at radius 2 is 2.09 bits per heavy atom. The van der Waals surface area contributed by atoms with Crippen molar-refractivity contribution in [1.29, 1.82) is 0 Å². The maximum absolute atomic E-state index is 11.9. The van der Waals surface area contributed by atoms with Crippen LogP contribution in [0.3, 0.4) is 0 Å². The van der Waals surface area contributed by atoms with E-state index in [0.717, 1.165) is 25.7 Å². The van der Waals surface area contributed by atoms with Crippen molar-refractivity contribution in [3.8, 4) is 0 Å². The number of hydrogen-bond acceptors (Lipinski definition) is 3. The summed E-state index contributed by atoms with van der Waals surface area (Å²) < 4.78 is 1.27. The molecular weight excluding hydrogens is 298 g/mol. The quantitative estimate of drug-likeness (QED) is 0.824. The molecule has 5 heteroatoms. The molecule has 1 aromatic heterocycles. The zero-order valence-electron chi connectivity index (χ0n) is 12.2. The van der Waals surface area contributed by atoms with Crippen molar-refractivity contribution in [2.24, 2.45) is 5.92 Å². The number of nitrogens with one attached hydrogen (secondary N) is 1. The highest BCUT2D eigenvalue weighted by molar-refractivity contribution is 7.17. The number of thiophene rings is 1. The van der Waals surface area contributed by atoms with Gasteiger partial charge in [-0.25, -0.2) is 4.79 Å². The van der Waals surface area contributed by atoms with Crippen molar-refractivity contribution >= 4 is 33.3 Å². The molecule has 0 aliphatic heterocycles. The molecule has 0 bridgehead atoms. The van der Waals surface area contributed by atoms with Gasteiger partial charge in [-0.3, -0.25) is 4.79 Å². The Kier molecular flexibility index (Phi) is 4.43. The third-order valence-corrected chi connectivity index (χ3v) is 5.10. The van der Waals surface area contributed by atoms with Gasteiger partial charge in [-0.2, -0.15) is 0 Å².